The highest BCUT2D eigenvalue weighted by Gasteiger charge is 2.32. The van der Waals surface area contributed by atoms with Crippen LogP contribution in [0.1, 0.15) is 0 Å². The number of halogens is 1. The van der Waals surface area contributed by atoms with Crippen LogP contribution in [0.4, 0.5) is 10.1 Å². The third-order valence-corrected chi connectivity index (χ3v) is 3.70. The number of aliphatic hydroxyl groups is 1. The molecule has 0 radical (unpaired) electrons. The Kier molecular flexibility index (Phi) is 4.70. The number of benzene rings is 1. The minimum absolute atomic E-state index is 0.692. The van der Waals surface area contributed by atoms with Crippen LogP contribution in [0.2, 0.25) is 0 Å². The molecule has 0 amide bonds. The molecule has 0 aliphatic rings. The Bertz CT molecular complexity index is 646. The van der Waals surface area contributed by atoms with E-state index in [1.165, 1.54) is 4.72 Å². The van der Waals surface area contributed by atoms with Crippen LogP contribution in [0, 0.1) is 15.9 Å². The molecule has 0 spiro atoms. The van der Waals surface area contributed by atoms with Gasteiger partial charge in [0.25, 0.3) is 0 Å². The van der Waals surface area contributed by atoms with Gasteiger partial charge >= 0.3 is 11.7 Å². The van der Waals surface area contributed by atoms with Gasteiger partial charge in [-0.05, 0) is 12.1 Å². The van der Waals surface area contributed by atoms with Gasteiger partial charge in [-0.15, -0.1) is 0 Å². The molecule has 0 aliphatic heterocycles. The number of aliphatic hydroxyl groups excluding tert-OH is 1. The summed E-state index contributed by atoms with van der Waals surface area (Å²) in [4.78, 5) is 19.1. The smallest absolute Gasteiger partial charge is 0.324 e. The third kappa shape index (κ3) is 3.26. The fourth-order valence-electron chi connectivity index (χ4n) is 1.31. The lowest BCUT2D eigenvalue weighted by molar-refractivity contribution is -0.390. The second kappa shape index (κ2) is 5.90. The quantitative estimate of drug-likeness (QED) is 0.472. The average Bonchev–Trinajstić information content (AvgIpc) is 2.34. The van der Waals surface area contributed by atoms with E-state index >= 15 is 0 Å². The maximum absolute atomic E-state index is 13.3. The molecule has 0 saturated heterocycles. The van der Waals surface area contributed by atoms with E-state index in [4.69, 9.17) is 10.2 Å². The first kappa shape index (κ1) is 15.9. The predicted molar refractivity (Wildman–Crippen MR) is 61.9 cm³/mol. The summed E-state index contributed by atoms with van der Waals surface area (Å²) in [5.74, 6) is -3.07. The van der Waals surface area contributed by atoms with Gasteiger partial charge in [0.1, 0.15) is 6.04 Å². The number of aliphatic carboxylic acids is 1. The Balaban J connectivity index is 3.33. The third-order valence-electron chi connectivity index (χ3n) is 2.20. The van der Waals surface area contributed by atoms with E-state index in [0.717, 1.165) is 12.1 Å². The van der Waals surface area contributed by atoms with E-state index in [1.54, 1.807) is 0 Å². The van der Waals surface area contributed by atoms with Crippen LogP contribution in [-0.2, 0) is 14.8 Å². The van der Waals surface area contributed by atoms with Crippen molar-refractivity contribution in [2.45, 2.75) is 10.9 Å². The van der Waals surface area contributed by atoms with Gasteiger partial charge in [0.05, 0.1) is 11.5 Å². The molecule has 3 N–H and O–H groups in total. The topological polar surface area (TPSA) is 147 Å². The Morgan fingerprint density at radius 3 is 2.55 bits per heavy atom. The van der Waals surface area contributed by atoms with Crippen LogP contribution in [0.15, 0.2) is 23.1 Å². The first-order valence-electron chi connectivity index (χ1n) is 4.99. The number of hydrogen-bond acceptors (Lipinski definition) is 6. The number of nitrogens with one attached hydrogen (secondary N) is 1. The van der Waals surface area contributed by atoms with Gasteiger partial charge in [-0.25, -0.2) is 8.42 Å². The maximum Gasteiger partial charge on any atom is 0.324 e. The Hall–Kier alpha value is -2.11. The summed E-state index contributed by atoms with van der Waals surface area (Å²) in [7, 11) is -4.69. The van der Waals surface area contributed by atoms with Crippen LogP contribution >= 0.6 is 0 Å². The van der Waals surface area contributed by atoms with Crippen LogP contribution in [0.3, 0.4) is 0 Å². The first-order valence-corrected chi connectivity index (χ1v) is 6.48. The second-order valence-corrected chi connectivity index (χ2v) is 5.22. The number of nitrogens with zero attached hydrogens (tertiary/aromatic N) is 1. The number of rotatable bonds is 6. The van der Waals surface area contributed by atoms with Gasteiger partial charge < -0.3 is 10.2 Å². The lowest BCUT2D eigenvalue weighted by atomic mass is 10.3. The minimum Gasteiger partial charge on any atom is -0.480 e. The van der Waals surface area contributed by atoms with Crippen molar-refractivity contribution in [3.05, 3.63) is 34.1 Å². The van der Waals surface area contributed by atoms with E-state index < -0.39 is 50.0 Å². The number of nitro groups is 1. The van der Waals surface area contributed by atoms with E-state index in [0.29, 0.717) is 6.07 Å². The average molecular weight is 308 g/mol. The normalized spacial score (nSPS) is 12.9. The Morgan fingerprint density at radius 1 is 1.50 bits per heavy atom. The lowest BCUT2D eigenvalue weighted by Crippen LogP contribution is -2.43. The lowest BCUT2D eigenvalue weighted by Gasteiger charge is -2.12. The molecular weight excluding hydrogens is 299 g/mol. The number of nitro benzene ring substituents is 1. The van der Waals surface area contributed by atoms with E-state index in [9.17, 15) is 27.7 Å². The molecule has 0 fully saturated rings. The zero-order chi connectivity index (χ0) is 15.5. The molecule has 0 unspecified atom stereocenters. The standard InChI is InChI=1S/C9H9FN2O7S/c10-5-2-1-3-7(8(5)12(16)17)20(18,19)11-6(4-13)9(14)15/h1-3,6,11,13H,4H2,(H,14,15)/t6-/m1/s1. The van der Waals surface area contributed by atoms with Crippen LogP contribution in [0.5, 0.6) is 0 Å². The first-order chi connectivity index (χ1) is 9.20. The van der Waals surface area contributed by atoms with Gasteiger partial charge in [0, 0.05) is 0 Å². The molecule has 0 bridgehead atoms. The monoisotopic (exact) mass is 308 g/mol. The van der Waals surface area contributed by atoms with Crippen molar-refractivity contribution >= 4 is 21.7 Å². The summed E-state index contributed by atoms with van der Waals surface area (Å²) in [6.45, 7) is -1.07. The molecule has 0 saturated carbocycles. The maximum atomic E-state index is 13.3. The number of carbonyl (C=O) groups is 1. The summed E-state index contributed by atoms with van der Waals surface area (Å²) < 4.78 is 38.5. The molecule has 20 heavy (non-hydrogen) atoms. The van der Waals surface area contributed by atoms with E-state index in [2.05, 4.69) is 0 Å². The minimum atomic E-state index is -4.69. The molecule has 0 heterocycles. The number of para-hydroxylation sites is 1. The van der Waals surface area contributed by atoms with Crippen LogP contribution in [0.25, 0.3) is 0 Å². The second-order valence-electron chi connectivity index (χ2n) is 3.54. The van der Waals surface area contributed by atoms with Crippen molar-refractivity contribution in [2.24, 2.45) is 0 Å². The molecule has 1 rings (SSSR count). The number of hydrogen-bond donors (Lipinski definition) is 3. The molecule has 1 aromatic carbocycles. The Morgan fingerprint density at radius 2 is 2.10 bits per heavy atom. The zero-order valence-corrected chi connectivity index (χ0v) is 10.5. The van der Waals surface area contributed by atoms with Crippen molar-refractivity contribution < 1.29 is 32.7 Å². The van der Waals surface area contributed by atoms with Crippen molar-refractivity contribution in [3.63, 3.8) is 0 Å². The number of carboxylic acids is 1. The summed E-state index contributed by atoms with van der Waals surface area (Å²) >= 11 is 0. The largest absolute Gasteiger partial charge is 0.480 e. The van der Waals surface area contributed by atoms with E-state index in [-0.39, 0.29) is 0 Å². The van der Waals surface area contributed by atoms with Crippen LogP contribution < -0.4 is 4.72 Å². The SMILES string of the molecule is O=C(O)[C@@H](CO)NS(=O)(=O)c1cccc(F)c1[N+](=O)[O-]. The van der Waals surface area contributed by atoms with Crippen molar-refractivity contribution in [3.8, 4) is 0 Å². The number of sulfonamides is 1. The van der Waals surface area contributed by atoms with Gasteiger partial charge in [0.15, 0.2) is 4.90 Å². The summed E-state index contributed by atoms with van der Waals surface area (Å²) in [5, 5.41) is 28.0. The highest BCUT2D eigenvalue weighted by molar-refractivity contribution is 7.89. The van der Waals surface area contributed by atoms with Crippen molar-refractivity contribution in [1.29, 1.82) is 0 Å². The molecule has 110 valence electrons. The zero-order valence-electron chi connectivity index (χ0n) is 9.69. The highest BCUT2D eigenvalue weighted by Crippen LogP contribution is 2.26. The molecule has 9 nitrogen and oxygen atoms in total. The summed E-state index contributed by atoms with van der Waals surface area (Å²) in [6, 6.07) is 0.464. The van der Waals surface area contributed by atoms with Gasteiger partial charge in [-0.2, -0.15) is 9.11 Å². The number of carboxylic acid groups (broad SMARTS) is 1. The van der Waals surface area contributed by atoms with Crippen LogP contribution in [-0.4, -0.2) is 42.2 Å². The predicted octanol–water partition coefficient (Wildman–Crippen LogP) is -0.542. The summed E-state index contributed by atoms with van der Waals surface area (Å²) in [5.41, 5.74) is -1.30. The molecular formula is C9H9FN2O7S. The molecule has 11 heteroatoms. The van der Waals surface area contributed by atoms with Crippen molar-refractivity contribution in [1.82, 2.24) is 4.72 Å². The highest BCUT2D eigenvalue weighted by atomic mass is 32.2. The van der Waals surface area contributed by atoms with Gasteiger partial charge in [-0.3, -0.25) is 14.9 Å². The fourth-order valence-corrected chi connectivity index (χ4v) is 2.67. The summed E-state index contributed by atoms with van der Waals surface area (Å²) in [6.07, 6.45) is 0. The van der Waals surface area contributed by atoms with Gasteiger partial charge in [0.2, 0.25) is 15.8 Å². The molecule has 1 atom stereocenters. The van der Waals surface area contributed by atoms with Gasteiger partial charge in [-0.1, -0.05) is 6.07 Å². The Labute approximate surface area is 111 Å². The fraction of sp³-hybridized carbons (Fsp3) is 0.222. The van der Waals surface area contributed by atoms with Crippen molar-refractivity contribution in [2.75, 3.05) is 6.61 Å². The molecule has 0 aromatic heterocycles. The molecule has 1 aromatic rings. The van der Waals surface area contributed by atoms with E-state index in [1.807, 2.05) is 0 Å². The molecule has 0 aliphatic carbocycles.